The van der Waals surface area contributed by atoms with Crippen LogP contribution in [-0.4, -0.2) is 42.8 Å². The van der Waals surface area contributed by atoms with E-state index >= 15 is 0 Å². The van der Waals surface area contributed by atoms with Crippen molar-refractivity contribution in [3.05, 3.63) is 65.9 Å². The maximum atomic E-state index is 15.0. The molecule has 0 saturated carbocycles. The van der Waals surface area contributed by atoms with Gasteiger partial charge < -0.3 is 10.3 Å². The number of pyridine rings is 1. The average molecular weight is 406 g/mol. The van der Waals surface area contributed by atoms with Crippen molar-refractivity contribution in [2.75, 3.05) is 0 Å². The van der Waals surface area contributed by atoms with Crippen LogP contribution in [0, 0.1) is 5.92 Å². The second-order valence-corrected chi connectivity index (χ2v) is 8.07. The van der Waals surface area contributed by atoms with Crippen LogP contribution in [0.4, 0.5) is 4.39 Å². The van der Waals surface area contributed by atoms with E-state index in [0.29, 0.717) is 34.4 Å². The number of hydrogen-bond donors (Lipinski definition) is 2. The summed E-state index contributed by atoms with van der Waals surface area (Å²) in [5, 5.41) is 3.39. The molecule has 2 fully saturated rings. The molecule has 7 nitrogen and oxygen atoms in total. The number of imidazole rings is 1. The van der Waals surface area contributed by atoms with Gasteiger partial charge in [0.2, 0.25) is 0 Å². The molecule has 2 unspecified atom stereocenters. The lowest BCUT2D eigenvalue weighted by atomic mass is 9.75. The molecule has 2 aliphatic heterocycles. The molecule has 3 aromatic heterocycles. The van der Waals surface area contributed by atoms with E-state index in [1.54, 1.807) is 41.9 Å². The number of hydrogen-bond acceptors (Lipinski definition) is 5. The molecule has 5 heterocycles. The minimum Gasteiger partial charge on any atom is -0.347 e. The Bertz CT molecular complexity index is 1110. The molecule has 4 atom stereocenters. The Labute approximate surface area is 173 Å². The van der Waals surface area contributed by atoms with Gasteiger partial charge in [0, 0.05) is 42.7 Å². The van der Waals surface area contributed by atoms with Gasteiger partial charge in [-0.2, -0.15) is 0 Å². The molecule has 0 spiro atoms. The Morgan fingerprint density at radius 3 is 2.90 bits per heavy atom. The van der Waals surface area contributed by atoms with E-state index in [4.69, 9.17) is 0 Å². The highest BCUT2D eigenvalue weighted by Gasteiger charge is 2.41. The van der Waals surface area contributed by atoms with Gasteiger partial charge >= 0.3 is 0 Å². The summed E-state index contributed by atoms with van der Waals surface area (Å²) in [5.41, 5.74) is 1.97. The number of aromatic amines is 1. The smallest absolute Gasteiger partial charge is 0.193 e. The lowest BCUT2D eigenvalue weighted by molar-refractivity contribution is 0.0982. The number of fused-ring (bicyclic) bond motifs is 2. The first-order valence-corrected chi connectivity index (χ1v) is 10.2. The Morgan fingerprint density at radius 2 is 2.17 bits per heavy atom. The molecule has 154 valence electrons. The van der Waals surface area contributed by atoms with Gasteiger partial charge in [0.15, 0.2) is 5.43 Å². The lowest BCUT2D eigenvalue weighted by Crippen LogP contribution is -2.55. The number of allylic oxidation sites excluding steroid dienone is 1. The summed E-state index contributed by atoms with van der Waals surface area (Å²) in [6, 6.07) is 1.74. The Balaban J connectivity index is 1.37. The van der Waals surface area contributed by atoms with Crippen LogP contribution in [0.3, 0.4) is 0 Å². The van der Waals surface area contributed by atoms with Crippen molar-refractivity contribution >= 4 is 5.57 Å². The molecular weight excluding hydrogens is 383 g/mol. The van der Waals surface area contributed by atoms with Crippen molar-refractivity contribution in [3.8, 4) is 17.1 Å². The number of piperidine rings is 2. The number of halogens is 1. The lowest BCUT2D eigenvalue weighted by Gasteiger charge is -2.43. The Hall–Kier alpha value is -3.13. The van der Waals surface area contributed by atoms with Crippen molar-refractivity contribution in [1.82, 2.24) is 29.8 Å². The molecular formula is C22H23FN6O. The molecule has 0 radical (unpaired) electrons. The molecule has 0 aromatic carbocycles. The van der Waals surface area contributed by atoms with Crippen molar-refractivity contribution < 1.29 is 4.39 Å². The molecule has 2 aliphatic rings. The Kier molecular flexibility index (Phi) is 4.78. The fourth-order valence-corrected chi connectivity index (χ4v) is 4.58. The van der Waals surface area contributed by atoms with Crippen LogP contribution < -0.4 is 10.7 Å². The van der Waals surface area contributed by atoms with Gasteiger partial charge in [-0.05, 0) is 24.8 Å². The fraction of sp³-hybridized carbons (Fsp3) is 0.364. The van der Waals surface area contributed by atoms with Crippen LogP contribution in [0.15, 0.2) is 54.8 Å². The zero-order valence-corrected chi connectivity index (χ0v) is 16.5. The number of rotatable bonds is 4. The Morgan fingerprint density at radius 1 is 1.27 bits per heavy atom. The maximum absolute atomic E-state index is 15.0. The van der Waals surface area contributed by atoms with Crippen LogP contribution in [0.2, 0.25) is 0 Å². The average Bonchev–Trinajstić information content (AvgIpc) is 3.31. The zero-order valence-electron chi connectivity index (χ0n) is 16.5. The fourth-order valence-electron chi connectivity index (χ4n) is 4.58. The highest BCUT2D eigenvalue weighted by Crippen LogP contribution is 2.38. The van der Waals surface area contributed by atoms with Crippen molar-refractivity contribution in [1.29, 1.82) is 0 Å². The molecule has 30 heavy (non-hydrogen) atoms. The highest BCUT2D eigenvalue weighted by atomic mass is 19.1. The van der Waals surface area contributed by atoms with E-state index in [-0.39, 0.29) is 17.4 Å². The highest BCUT2D eigenvalue weighted by molar-refractivity contribution is 5.64. The molecule has 5 rings (SSSR count). The van der Waals surface area contributed by atoms with Gasteiger partial charge in [-0.1, -0.05) is 13.0 Å². The van der Waals surface area contributed by atoms with E-state index < -0.39 is 6.17 Å². The monoisotopic (exact) mass is 406 g/mol. The molecule has 2 bridgehead atoms. The number of nitrogens with one attached hydrogen (secondary N) is 2. The van der Waals surface area contributed by atoms with Gasteiger partial charge in [0.25, 0.3) is 0 Å². The third-order valence-corrected chi connectivity index (χ3v) is 6.21. The van der Waals surface area contributed by atoms with Crippen molar-refractivity contribution in [2.24, 2.45) is 5.92 Å². The standard InChI is InChI=1S/C22H23FN6O/c1-13(15-7-14-3-2-4-17(28-14)22(15)23)18-10-26-19(11-25-18)16-9-27-21(8-20(16)30)29-6-5-24-12-29/h5-6,8-12,14-15,17,22,28H,1-4,7H2,(H,27,30)/t14?,15-,17?,22-/m0/s1. The SMILES string of the molecule is C=C(c1cnc(-c2c[nH]c(-n3ccnc3)cc2=O)cn1)[C@@H]1CC2CCCC(N2)[C@H]1F. The second-order valence-electron chi connectivity index (χ2n) is 8.07. The van der Waals surface area contributed by atoms with Gasteiger partial charge in [-0.3, -0.25) is 19.3 Å². The molecule has 3 aromatic rings. The van der Waals surface area contributed by atoms with E-state index in [2.05, 4.69) is 31.8 Å². The van der Waals surface area contributed by atoms with Crippen molar-refractivity contribution in [2.45, 2.75) is 43.9 Å². The number of H-pyrrole nitrogens is 1. The van der Waals surface area contributed by atoms with Crippen LogP contribution in [0.25, 0.3) is 22.6 Å². The predicted octanol–water partition coefficient (Wildman–Crippen LogP) is 2.90. The van der Waals surface area contributed by atoms with Crippen LogP contribution >= 0.6 is 0 Å². The van der Waals surface area contributed by atoms with Gasteiger partial charge in [0.1, 0.15) is 18.3 Å². The first-order valence-electron chi connectivity index (χ1n) is 10.2. The summed E-state index contributed by atoms with van der Waals surface area (Å²) < 4.78 is 16.7. The summed E-state index contributed by atoms with van der Waals surface area (Å²) in [6.45, 7) is 4.14. The number of alkyl halides is 1. The van der Waals surface area contributed by atoms with E-state index in [1.807, 2.05) is 0 Å². The second kappa shape index (κ2) is 7.60. The maximum Gasteiger partial charge on any atom is 0.193 e. The summed E-state index contributed by atoms with van der Waals surface area (Å²) in [5.74, 6) is 0.365. The van der Waals surface area contributed by atoms with Crippen LogP contribution in [-0.2, 0) is 0 Å². The number of aromatic nitrogens is 5. The molecule has 2 saturated heterocycles. The topological polar surface area (TPSA) is 88.5 Å². The predicted molar refractivity (Wildman–Crippen MR) is 112 cm³/mol. The number of nitrogens with zero attached hydrogens (tertiary/aromatic N) is 4. The first-order chi connectivity index (χ1) is 14.6. The zero-order chi connectivity index (χ0) is 20.7. The van der Waals surface area contributed by atoms with Crippen molar-refractivity contribution in [3.63, 3.8) is 0 Å². The van der Waals surface area contributed by atoms with E-state index in [9.17, 15) is 9.18 Å². The summed E-state index contributed by atoms with van der Waals surface area (Å²) in [7, 11) is 0. The molecule has 2 N–H and O–H groups in total. The third kappa shape index (κ3) is 3.37. The van der Waals surface area contributed by atoms with Gasteiger partial charge in [-0.15, -0.1) is 0 Å². The quantitative estimate of drug-likeness (QED) is 0.696. The molecule has 8 heteroatoms. The van der Waals surface area contributed by atoms with E-state index in [0.717, 1.165) is 25.7 Å². The summed E-state index contributed by atoms with van der Waals surface area (Å²) in [6.07, 6.45) is 12.5. The largest absolute Gasteiger partial charge is 0.347 e. The summed E-state index contributed by atoms with van der Waals surface area (Å²) >= 11 is 0. The van der Waals surface area contributed by atoms with Crippen LogP contribution in [0.1, 0.15) is 31.4 Å². The first kappa shape index (κ1) is 18.9. The van der Waals surface area contributed by atoms with E-state index in [1.165, 1.54) is 6.07 Å². The normalized spacial score (nSPS) is 25.8. The molecule has 0 amide bonds. The third-order valence-electron chi connectivity index (χ3n) is 6.21. The van der Waals surface area contributed by atoms with Crippen LogP contribution in [0.5, 0.6) is 0 Å². The minimum absolute atomic E-state index is 0.0981. The minimum atomic E-state index is -0.964. The summed E-state index contributed by atoms with van der Waals surface area (Å²) in [4.78, 5) is 28.5. The van der Waals surface area contributed by atoms with Gasteiger partial charge in [-0.25, -0.2) is 9.37 Å². The molecule has 0 aliphatic carbocycles. The van der Waals surface area contributed by atoms with Gasteiger partial charge in [0.05, 0.1) is 29.3 Å².